The van der Waals surface area contributed by atoms with Gasteiger partial charge in [-0.1, -0.05) is 6.58 Å². The van der Waals surface area contributed by atoms with Crippen LogP contribution in [0, 0.1) is 17.1 Å². The Bertz CT molecular complexity index is 1240. The van der Waals surface area contributed by atoms with Crippen LogP contribution in [0.4, 0.5) is 4.39 Å². The Morgan fingerprint density at radius 3 is 2.71 bits per heavy atom. The maximum absolute atomic E-state index is 13.2. The minimum atomic E-state index is -0.375. The number of aliphatic imine (C=N–C) groups is 1. The summed E-state index contributed by atoms with van der Waals surface area (Å²) in [5.74, 6) is 0.151. The summed E-state index contributed by atoms with van der Waals surface area (Å²) in [5, 5.41) is 9.87. The van der Waals surface area contributed by atoms with E-state index in [1.54, 1.807) is 18.0 Å². The average molecular weight is 434 g/mol. The van der Waals surface area contributed by atoms with Gasteiger partial charge in [-0.2, -0.15) is 5.26 Å². The van der Waals surface area contributed by atoms with Crippen molar-refractivity contribution < 1.29 is 9.18 Å². The van der Waals surface area contributed by atoms with Crippen LogP contribution in [0.1, 0.15) is 27.9 Å². The topological polar surface area (TPSA) is 72.6 Å². The molecule has 1 aliphatic rings. The maximum atomic E-state index is 13.2. The van der Waals surface area contributed by atoms with Gasteiger partial charge in [-0.05, 0) is 49.4 Å². The van der Waals surface area contributed by atoms with Gasteiger partial charge in [0.15, 0.2) is 10.8 Å². The predicted octanol–water partition coefficient (Wildman–Crippen LogP) is 4.04. The molecule has 0 saturated carbocycles. The van der Waals surface area contributed by atoms with Crippen molar-refractivity contribution in [2.45, 2.75) is 13.0 Å². The minimum Gasteiger partial charge on any atom is -0.329 e. The summed E-state index contributed by atoms with van der Waals surface area (Å²) >= 11 is 1.47. The van der Waals surface area contributed by atoms with Gasteiger partial charge in [0, 0.05) is 31.4 Å². The van der Waals surface area contributed by atoms with E-state index in [4.69, 9.17) is 5.26 Å². The lowest BCUT2D eigenvalue weighted by Crippen LogP contribution is -2.53. The summed E-state index contributed by atoms with van der Waals surface area (Å²) in [6.45, 7) is 7.12. The lowest BCUT2D eigenvalue weighted by atomic mass is 10.1. The molecule has 1 fully saturated rings. The SMILES string of the molecule is C=C1[C@@H](C)N(C(=O)c2ccc(F)cc2)CCN1/C(=N\C)c1nc2ccc(C#N)cc2s1. The number of halogens is 1. The molecule has 31 heavy (non-hydrogen) atoms. The number of carbonyl (C=O) groups excluding carboxylic acids is 1. The fourth-order valence-electron chi connectivity index (χ4n) is 3.65. The number of amidine groups is 1. The van der Waals surface area contributed by atoms with Crippen molar-refractivity contribution in [3.05, 3.63) is 76.7 Å². The molecule has 0 unspecified atom stereocenters. The molecule has 1 amide bonds. The van der Waals surface area contributed by atoms with Crippen molar-refractivity contribution in [2.24, 2.45) is 4.99 Å². The molecule has 0 N–H and O–H groups in total. The van der Waals surface area contributed by atoms with Crippen LogP contribution in [0.5, 0.6) is 0 Å². The lowest BCUT2D eigenvalue weighted by molar-refractivity contribution is 0.0649. The molecule has 2 heterocycles. The monoisotopic (exact) mass is 433 g/mol. The van der Waals surface area contributed by atoms with Crippen LogP contribution >= 0.6 is 11.3 Å². The summed E-state index contributed by atoms with van der Waals surface area (Å²) < 4.78 is 14.1. The van der Waals surface area contributed by atoms with Gasteiger partial charge in [0.05, 0.1) is 27.9 Å². The van der Waals surface area contributed by atoms with Crippen LogP contribution in [-0.4, -0.2) is 52.7 Å². The molecule has 4 rings (SSSR count). The molecule has 0 spiro atoms. The Hall–Kier alpha value is -3.57. The normalized spacial score (nSPS) is 17.2. The van der Waals surface area contributed by atoms with Crippen molar-refractivity contribution >= 4 is 33.3 Å². The number of amides is 1. The third-order valence-corrected chi connectivity index (χ3v) is 6.40. The predicted molar refractivity (Wildman–Crippen MR) is 120 cm³/mol. The molecular weight excluding hydrogens is 413 g/mol. The Labute approximate surface area is 183 Å². The van der Waals surface area contributed by atoms with E-state index >= 15 is 0 Å². The maximum Gasteiger partial charge on any atom is 0.254 e. The van der Waals surface area contributed by atoms with E-state index in [9.17, 15) is 9.18 Å². The van der Waals surface area contributed by atoms with E-state index in [0.717, 1.165) is 20.9 Å². The standard InChI is InChI=1S/C23H20FN5OS/c1-14-15(2)29(23(30)17-5-7-18(24)8-6-17)11-10-28(14)21(26-3)22-27-19-9-4-16(13-25)12-20(19)31-22/h4-9,12,15H,1,10-11H2,2-3H3/b26-21-/t15-/m1/s1. The highest BCUT2D eigenvalue weighted by Gasteiger charge is 2.33. The Kier molecular flexibility index (Phi) is 5.53. The van der Waals surface area contributed by atoms with E-state index in [1.165, 1.54) is 35.6 Å². The Morgan fingerprint density at radius 2 is 2.03 bits per heavy atom. The fraction of sp³-hybridized carbons (Fsp3) is 0.217. The molecule has 3 aromatic rings. The minimum absolute atomic E-state index is 0.160. The van der Waals surface area contributed by atoms with Crippen LogP contribution < -0.4 is 0 Å². The number of aromatic nitrogens is 1. The molecule has 6 nitrogen and oxygen atoms in total. The number of hydrogen-bond acceptors (Lipinski definition) is 5. The highest BCUT2D eigenvalue weighted by molar-refractivity contribution is 7.20. The second-order valence-corrected chi connectivity index (χ2v) is 8.22. The smallest absolute Gasteiger partial charge is 0.254 e. The summed E-state index contributed by atoms with van der Waals surface area (Å²) in [4.78, 5) is 25.8. The average Bonchev–Trinajstić information content (AvgIpc) is 3.20. The highest BCUT2D eigenvalue weighted by Crippen LogP contribution is 2.28. The summed E-state index contributed by atoms with van der Waals surface area (Å²) in [6.07, 6.45) is 0. The summed E-state index contributed by atoms with van der Waals surface area (Å²) in [6, 6.07) is 12.8. The largest absolute Gasteiger partial charge is 0.329 e. The molecule has 0 aliphatic carbocycles. The van der Waals surface area contributed by atoms with Crippen molar-refractivity contribution in [3.63, 3.8) is 0 Å². The Balaban J connectivity index is 1.58. The number of nitrogens with zero attached hydrogens (tertiary/aromatic N) is 5. The number of rotatable bonds is 2. The second-order valence-electron chi connectivity index (χ2n) is 7.18. The molecule has 1 aliphatic heterocycles. The fourth-order valence-corrected chi connectivity index (χ4v) is 4.70. The first kappa shape index (κ1) is 20.7. The van der Waals surface area contributed by atoms with Gasteiger partial charge in [0.25, 0.3) is 5.91 Å². The van der Waals surface area contributed by atoms with Crippen LogP contribution in [-0.2, 0) is 0 Å². The molecule has 156 valence electrons. The molecule has 1 aromatic heterocycles. The highest BCUT2D eigenvalue weighted by atomic mass is 32.1. The third-order valence-electron chi connectivity index (χ3n) is 5.39. The van der Waals surface area contributed by atoms with E-state index in [-0.39, 0.29) is 17.8 Å². The van der Waals surface area contributed by atoms with Gasteiger partial charge in [-0.25, -0.2) is 9.37 Å². The molecule has 2 aromatic carbocycles. The summed E-state index contributed by atoms with van der Waals surface area (Å²) in [7, 11) is 1.70. The number of hydrogen-bond donors (Lipinski definition) is 0. The number of piperazine rings is 1. The molecule has 1 saturated heterocycles. The number of thiazole rings is 1. The van der Waals surface area contributed by atoms with E-state index in [1.807, 2.05) is 24.0 Å². The van der Waals surface area contributed by atoms with Gasteiger partial charge >= 0.3 is 0 Å². The number of benzene rings is 2. The van der Waals surface area contributed by atoms with Crippen molar-refractivity contribution in [2.75, 3.05) is 20.1 Å². The summed E-state index contributed by atoms with van der Waals surface area (Å²) in [5.41, 5.74) is 2.57. The third kappa shape index (κ3) is 3.80. The zero-order chi connectivity index (χ0) is 22.1. The second kappa shape index (κ2) is 8.28. The van der Waals surface area contributed by atoms with Crippen LogP contribution in [0.15, 0.2) is 59.7 Å². The van der Waals surface area contributed by atoms with Gasteiger partial charge in [-0.15, -0.1) is 11.3 Å². The molecule has 0 bridgehead atoms. The molecule has 0 radical (unpaired) electrons. The van der Waals surface area contributed by atoms with Crippen LogP contribution in [0.25, 0.3) is 10.2 Å². The Morgan fingerprint density at radius 1 is 1.29 bits per heavy atom. The van der Waals surface area contributed by atoms with Gasteiger partial charge in [-0.3, -0.25) is 9.79 Å². The van der Waals surface area contributed by atoms with Gasteiger partial charge in [0.2, 0.25) is 0 Å². The zero-order valence-electron chi connectivity index (χ0n) is 17.2. The number of nitriles is 1. The van der Waals surface area contributed by atoms with E-state index in [2.05, 4.69) is 22.6 Å². The van der Waals surface area contributed by atoms with Crippen LogP contribution in [0.3, 0.4) is 0 Å². The molecule has 1 atom stereocenters. The van der Waals surface area contributed by atoms with Gasteiger partial charge < -0.3 is 9.80 Å². The zero-order valence-corrected chi connectivity index (χ0v) is 18.0. The van der Waals surface area contributed by atoms with Gasteiger partial charge in [0.1, 0.15) is 5.82 Å². The van der Waals surface area contributed by atoms with Crippen molar-refractivity contribution in [3.8, 4) is 6.07 Å². The first-order chi connectivity index (χ1) is 14.9. The molecular formula is C23H20FN5OS. The van der Waals surface area contributed by atoms with Crippen LogP contribution in [0.2, 0.25) is 0 Å². The first-order valence-corrected chi connectivity index (χ1v) is 10.5. The number of fused-ring (bicyclic) bond motifs is 1. The quantitative estimate of drug-likeness (QED) is 0.452. The number of carbonyl (C=O) groups is 1. The van der Waals surface area contributed by atoms with E-state index in [0.29, 0.717) is 30.1 Å². The lowest BCUT2D eigenvalue weighted by Gasteiger charge is -2.42. The van der Waals surface area contributed by atoms with E-state index < -0.39 is 0 Å². The first-order valence-electron chi connectivity index (χ1n) is 9.73. The van der Waals surface area contributed by atoms with Crippen molar-refractivity contribution in [1.82, 2.24) is 14.8 Å². The molecule has 8 heteroatoms. The van der Waals surface area contributed by atoms with Crippen molar-refractivity contribution in [1.29, 1.82) is 5.26 Å².